The van der Waals surface area contributed by atoms with Crippen LogP contribution in [0.3, 0.4) is 0 Å². The molecule has 3 aromatic rings. The van der Waals surface area contributed by atoms with Crippen molar-refractivity contribution >= 4 is 11.6 Å². The van der Waals surface area contributed by atoms with Crippen LogP contribution in [0.4, 0.5) is 10.1 Å². The van der Waals surface area contributed by atoms with Gasteiger partial charge in [0.2, 0.25) is 0 Å². The molecule has 0 radical (unpaired) electrons. The van der Waals surface area contributed by atoms with Crippen LogP contribution >= 0.6 is 0 Å². The van der Waals surface area contributed by atoms with Crippen LogP contribution in [0, 0.1) is 13.8 Å². The Kier molecular flexibility index (Phi) is 3.87. The van der Waals surface area contributed by atoms with Gasteiger partial charge in [0.05, 0.1) is 12.0 Å². The summed E-state index contributed by atoms with van der Waals surface area (Å²) in [5.74, 6) is -0.937. The number of benzene rings is 2. The summed E-state index contributed by atoms with van der Waals surface area (Å²) in [7, 11) is 0. The lowest BCUT2D eigenvalue weighted by molar-refractivity contribution is -0.122. The third kappa shape index (κ3) is 2.79. The number of nitrogens with zero attached hydrogens (tertiary/aromatic N) is 2. The molecule has 1 N–H and O–H groups in total. The second kappa shape index (κ2) is 6.09. The Bertz CT molecular complexity index is 949. The smallest absolute Gasteiger partial charge is 0.262 e. The molecule has 0 saturated heterocycles. The highest BCUT2D eigenvalue weighted by Crippen LogP contribution is 2.55. The molecule has 2 atom stereocenters. The molecule has 1 aromatic heterocycles. The summed E-state index contributed by atoms with van der Waals surface area (Å²) < 4.78 is 16.9. The zero-order valence-electron chi connectivity index (χ0n) is 14.7. The quantitative estimate of drug-likeness (QED) is 0.762. The SMILES string of the molecule is Cc1ncn(-c2ccc(NC(=O)[C@]3(F)C[C@H]3c3ccccc3)cc2)c1C. The van der Waals surface area contributed by atoms with Crippen molar-refractivity contribution < 1.29 is 9.18 Å². The fourth-order valence-electron chi connectivity index (χ4n) is 3.26. The molecule has 26 heavy (non-hydrogen) atoms. The van der Waals surface area contributed by atoms with E-state index in [9.17, 15) is 9.18 Å². The highest BCUT2D eigenvalue weighted by Gasteiger charge is 2.62. The van der Waals surface area contributed by atoms with Gasteiger partial charge in [0, 0.05) is 29.4 Å². The molecule has 1 fully saturated rings. The number of carbonyl (C=O) groups is 1. The minimum absolute atomic E-state index is 0.231. The van der Waals surface area contributed by atoms with Crippen LogP contribution in [0.5, 0.6) is 0 Å². The summed E-state index contributed by atoms with van der Waals surface area (Å²) in [5, 5.41) is 2.70. The first kappa shape index (κ1) is 16.5. The van der Waals surface area contributed by atoms with Crippen molar-refractivity contribution in [2.45, 2.75) is 31.9 Å². The predicted molar refractivity (Wildman–Crippen MR) is 99.3 cm³/mol. The molecule has 5 heteroatoms. The standard InChI is InChI=1S/C21H20FN3O/c1-14-15(2)25(13-23-14)18-10-8-17(9-11-18)24-20(26)21(22)12-19(21)16-6-4-3-5-7-16/h3-11,13,19H,12H2,1-2H3,(H,24,26)/t19-,21-/m0/s1. The lowest BCUT2D eigenvalue weighted by Gasteiger charge is -2.11. The molecule has 1 aliphatic rings. The Morgan fingerprint density at radius 2 is 1.85 bits per heavy atom. The third-order valence-corrected chi connectivity index (χ3v) is 5.13. The number of halogens is 1. The van der Waals surface area contributed by atoms with Crippen molar-refractivity contribution in [1.82, 2.24) is 9.55 Å². The van der Waals surface area contributed by atoms with Crippen LogP contribution in [-0.2, 0) is 4.79 Å². The molecule has 132 valence electrons. The van der Waals surface area contributed by atoms with E-state index in [-0.39, 0.29) is 12.3 Å². The zero-order chi connectivity index (χ0) is 18.3. The van der Waals surface area contributed by atoms with Crippen LogP contribution in [-0.4, -0.2) is 21.1 Å². The van der Waals surface area contributed by atoms with Crippen molar-refractivity contribution in [1.29, 1.82) is 0 Å². The molecule has 0 unspecified atom stereocenters. The number of rotatable bonds is 4. The Morgan fingerprint density at radius 3 is 2.46 bits per heavy atom. The van der Waals surface area contributed by atoms with Gasteiger partial charge in [0.1, 0.15) is 0 Å². The average molecular weight is 349 g/mol. The molecule has 2 aromatic carbocycles. The third-order valence-electron chi connectivity index (χ3n) is 5.13. The maximum atomic E-state index is 14.9. The maximum absolute atomic E-state index is 14.9. The van der Waals surface area contributed by atoms with Gasteiger partial charge in [-0.25, -0.2) is 9.37 Å². The molecular formula is C21H20FN3O. The molecule has 0 aliphatic heterocycles. The number of carbonyl (C=O) groups excluding carboxylic acids is 1. The Labute approximate surface area is 151 Å². The van der Waals surface area contributed by atoms with E-state index in [0.717, 1.165) is 22.6 Å². The first-order valence-corrected chi connectivity index (χ1v) is 8.65. The van der Waals surface area contributed by atoms with E-state index in [1.54, 1.807) is 18.5 Å². The van der Waals surface area contributed by atoms with Gasteiger partial charge in [-0.1, -0.05) is 30.3 Å². The largest absolute Gasteiger partial charge is 0.323 e. The number of amides is 1. The monoisotopic (exact) mass is 349 g/mol. The number of aryl methyl sites for hydroxylation is 1. The summed E-state index contributed by atoms with van der Waals surface area (Å²) in [6.45, 7) is 3.96. The number of hydrogen-bond donors (Lipinski definition) is 1. The number of imidazole rings is 1. The van der Waals surface area contributed by atoms with Gasteiger partial charge in [-0.05, 0) is 43.7 Å². The summed E-state index contributed by atoms with van der Waals surface area (Å²) >= 11 is 0. The number of alkyl halides is 1. The Morgan fingerprint density at radius 1 is 1.15 bits per heavy atom. The van der Waals surface area contributed by atoms with Crippen molar-refractivity contribution in [2.75, 3.05) is 5.32 Å². The first-order chi connectivity index (χ1) is 12.5. The number of hydrogen-bond acceptors (Lipinski definition) is 2. The lowest BCUT2D eigenvalue weighted by atomic mass is 10.1. The Hall–Kier alpha value is -2.95. The molecule has 1 amide bonds. The predicted octanol–water partition coefficient (Wildman–Crippen LogP) is 4.32. The molecule has 4 rings (SSSR count). The van der Waals surface area contributed by atoms with Gasteiger partial charge in [-0.2, -0.15) is 0 Å². The summed E-state index contributed by atoms with van der Waals surface area (Å²) in [5.41, 5.74) is 2.62. The topological polar surface area (TPSA) is 46.9 Å². The van der Waals surface area contributed by atoms with Gasteiger partial charge in [-0.15, -0.1) is 0 Å². The molecule has 4 nitrogen and oxygen atoms in total. The molecule has 1 aliphatic carbocycles. The van der Waals surface area contributed by atoms with Crippen LogP contribution < -0.4 is 5.32 Å². The molecule has 1 saturated carbocycles. The lowest BCUT2D eigenvalue weighted by Crippen LogP contribution is -2.27. The number of nitrogens with one attached hydrogen (secondary N) is 1. The molecular weight excluding hydrogens is 329 g/mol. The normalized spacial score (nSPS) is 21.4. The molecule has 1 heterocycles. The maximum Gasteiger partial charge on any atom is 0.262 e. The number of aromatic nitrogens is 2. The van der Waals surface area contributed by atoms with Crippen molar-refractivity contribution in [3.63, 3.8) is 0 Å². The molecule has 0 bridgehead atoms. The summed E-state index contributed by atoms with van der Waals surface area (Å²) in [6.07, 6.45) is 2.00. The van der Waals surface area contributed by atoms with Crippen LogP contribution in [0.25, 0.3) is 5.69 Å². The first-order valence-electron chi connectivity index (χ1n) is 8.65. The second-order valence-electron chi connectivity index (χ2n) is 6.82. The average Bonchev–Trinajstić information content (AvgIpc) is 3.26. The van der Waals surface area contributed by atoms with Gasteiger partial charge < -0.3 is 9.88 Å². The minimum Gasteiger partial charge on any atom is -0.323 e. The van der Waals surface area contributed by atoms with Crippen molar-refractivity contribution in [3.05, 3.63) is 77.9 Å². The van der Waals surface area contributed by atoms with E-state index in [1.165, 1.54) is 0 Å². The second-order valence-corrected chi connectivity index (χ2v) is 6.82. The van der Waals surface area contributed by atoms with Crippen LogP contribution in [0.2, 0.25) is 0 Å². The highest BCUT2D eigenvalue weighted by atomic mass is 19.1. The van der Waals surface area contributed by atoms with Crippen molar-refractivity contribution in [2.24, 2.45) is 0 Å². The Balaban J connectivity index is 1.46. The van der Waals surface area contributed by atoms with E-state index in [0.29, 0.717) is 5.69 Å². The van der Waals surface area contributed by atoms with Gasteiger partial charge in [0.25, 0.3) is 5.91 Å². The van der Waals surface area contributed by atoms with Gasteiger partial charge >= 0.3 is 0 Å². The van der Waals surface area contributed by atoms with Crippen LogP contribution in [0.1, 0.15) is 29.3 Å². The zero-order valence-corrected chi connectivity index (χ0v) is 14.7. The fourth-order valence-corrected chi connectivity index (χ4v) is 3.26. The van der Waals surface area contributed by atoms with E-state index in [1.807, 2.05) is 60.9 Å². The van der Waals surface area contributed by atoms with Crippen molar-refractivity contribution in [3.8, 4) is 5.69 Å². The summed E-state index contributed by atoms with van der Waals surface area (Å²) in [4.78, 5) is 16.7. The van der Waals surface area contributed by atoms with E-state index < -0.39 is 11.6 Å². The molecule has 0 spiro atoms. The number of anilines is 1. The highest BCUT2D eigenvalue weighted by molar-refractivity contribution is 6.00. The van der Waals surface area contributed by atoms with Gasteiger partial charge in [0.15, 0.2) is 5.67 Å². The van der Waals surface area contributed by atoms with Gasteiger partial charge in [-0.3, -0.25) is 4.79 Å². The minimum atomic E-state index is -1.82. The van der Waals surface area contributed by atoms with E-state index >= 15 is 0 Å². The van der Waals surface area contributed by atoms with E-state index in [2.05, 4.69) is 10.3 Å². The van der Waals surface area contributed by atoms with Crippen LogP contribution in [0.15, 0.2) is 60.9 Å². The van der Waals surface area contributed by atoms with E-state index in [4.69, 9.17) is 0 Å². The fraction of sp³-hybridized carbons (Fsp3) is 0.238. The summed E-state index contributed by atoms with van der Waals surface area (Å²) in [6, 6.07) is 16.7.